The Balaban J connectivity index is 1.37. The fraction of sp³-hybridized carbons (Fsp3) is 0.514. The molecule has 1 fully saturated rings. The average molecular weight is 666 g/mol. The number of amides is 1. The fourth-order valence-corrected chi connectivity index (χ4v) is 7.98. The number of nitrogens with zero attached hydrogens (tertiary/aromatic N) is 3. The second-order valence-electron chi connectivity index (χ2n) is 13.2. The lowest BCUT2D eigenvalue weighted by Gasteiger charge is -2.43. The van der Waals surface area contributed by atoms with E-state index in [1.807, 2.05) is 29.4 Å². The number of piperidine rings is 1. The number of rotatable bonds is 7. The van der Waals surface area contributed by atoms with Gasteiger partial charge < -0.3 is 28.8 Å². The Hall–Kier alpha value is -4.12. The van der Waals surface area contributed by atoms with E-state index < -0.39 is 34.9 Å². The molecule has 11 nitrogen and oxygen atoms in total. The number of carbonyl (C=O) groups excluding carboxylic acids is 3. The van der Waals surface area contributed by atoms with Crippen LogP contribution in [0.1, 0.15) is 68.9 Å². The van der Waals surface area contributed by atoms with Crippen molar-refractivity contribution in [1.82, 2.24) is 9.47 Å². The quantitative estimate of drug-likeness (QED) is 0.418. The number of likely N-dealkylation sites (tertiary alicyclic amines) is 1. The third kappa shape index (κ3) is 5.05. The number of pyridine rings is 1. The Morgan fingerprint density at radius 3 is 2.57 bits per heavy atom. The predicted molar refractivity (Wildman–Crippen MR) is 175 cm³/mol. The van der Waals surface area contributed by atoms with E-state index in [9.17, 15) is 24.3 Å². The number of methoxy groups -OCH3 is 2. The molecular weight excluding hydrogens is 626 g/mol. The van der Waals surface area contributed by atoms with E-state index in [1.165, 1.54) is 20.3 Å². The van der Waals surface area contributed by atoms with Crippen LogP contribution >= 0.6 is 11.6 Å². The topological polar surface area (TPSA) is 137 Å². The molecule has 2 bridgehead atoms. The van der Waals surface area contributed by atoms with Crippen molar-refractivity contribution in [2.24, 2.45) is 22.7 Å². The highest BCUT2D eigenvalue weighted by Crippen LogP contribution is 2.54. The molecule has 4 aliphatic rings. The number of aliphatic hydroxyl groups is 1. The van der Waals surface area contributed by atoms with Gasteiger partial charge in [0.1, 0.15) is 28.1 Å². The van der Waals surface area contributed by atoms with Crippen molar-refractivity contribution in [3.05, 3.63) is 62.2 Å². The predicted octanol–water partition coefficient (Wildman–Crippen LogP) is 4.78. The van der Waals surface area contributed by atoms with Crippen LogP contribution in [0, 0.1) is 17.8 Å². The number of Topliss-reactive ketones (excluding diaryl/α,β-unsaturated/α-hetero) is 2. The van der Waals surface area contributed by atoms with Gasteiger partial charge in [0.25, 0.3) is 5.56 Å². The molecule has 250 valence electrons. The molecular formula is C35H40ClN3O8. The third-order valence-electron chi connectivity index (χ3n) is 10.4. The van der Waals surface area contributed by atoms with E-state index in [1.54, 1.807) is 26.0 Å². The van der Waals surface area contributed by atoms with Crippen LogP contribution in [0.2, 0.25) is 5.02 Å². The maximum absolute atomic E-state index is 14.2. The van der Waals surface area contributed by atoms with Gasteiger partial charge in [-0.15, -0.1) is 0 Å². The van der Waals surface area contributed by atoms with Gasteiger partial charge >= 0.3 is 0 Å². The summed E-state index contributed by atoms with van der Waals surface area (Å²) in [6, 6.07) is 5.92. The zero-order valence-electron chi connectivity index (χ0n) is 27.5. The first kappa shape index (κ1) is 32.8. The van der Waals surface area contributed by atoms with Crippen molar-refractivity contribution in [3.63, 3.8) is 0 Å². The van der Waals surface area contributed by atoms with Gasteiger partial charge in [-0.2, -0.15) is 0 Å². The smallest absolute Gasteiger partial charge is 0.250 e. The van der Waals surface area contributed by atoms with Gasteiger partial charge in [-0.1, -0.05) is 44.9 Å². The molecule has 1 saturated heterocycles. The molecule has 12 heteroatoms. The van der Waals surface area contributed by atoms with Crippen LogP contribution in [-0.4, -0.2) is 76.7 Å². The summed E-state index contributed by atoms with van der Waals surface area (Å²) in [5, 5.41) is 11.9. The van der Waals surface area contributed by atoms with Gasteiger partial charge in [0, 0.05) is 61.4 Å². The van der Waals surface area contributed by atoms with Crippen molar-refractivity contribution >= 4 is 34.8 Å². The van der Waals surface area contributed by atoms with Crippen molar-refractivity contribution in [3.8, 4) is 17.2 Å². The standard InChI is InChI=1S/C35H40ClN3O8/c1-7-17(2)30(34(44)38-14-20-12-21(16-38)22-9-8-10-26(41)39(22)15-20)37-19(4)27-23(40)11-18(3)35(32(27)42)33(43)28-24(45-5)13-25(46-6)29(36)31(28)47-35/h8-10,13,17-18,20-21,30,42H,7,11-12,14-16H2,1-6H3/t17?,18-,20-,21+,30+,35+/m1/s1. The molecule has 1 amide bonds. The monoisotopic (exact) mass is 665 g/mol. The van der Waals surface area contributed by atoms with Crippen LogP contribution in [-0.2, 0) is 16.1 Å². The van der Waals surface area contributed by atoms with E-state index in [2.05, 4.69) is 0 Å². The van der Waals surface area contributed by atoms with Crippen LogP contribution in [0.5, 0.6) is 17.2 Å². The Kier molecular flexibility index (Phi) is 8.48. The number of benzene rings is 1. The lowest BCUT2D eigenvalue weighted by molar-refractivity contribution is -0.136. The van der Waals surface area contributed by atoms with Gasteiger partial charge in [-0.25, -0.2) is 0 Å². The third-order valence-corrected chi connectivity index (χ3v) is 10.8. The van der Waals surface area contributed by atoms with Crippen molar-refractivity contribution in [2.45, 2.75) is 71.1 Å². The number of aliphatic hydroxyl groups excluding tert-OH is 1. The Labute approximate surface area is 278 Å². The molecule has 1 unspecified atom stereocenters. The number of hydrogen-bond donors (Lipinski definition) is 1. The van der Waals surface area contributed by atoms with Crippen molar-refractivity contribution < 1.29 is 33.7 Å². The highest BCUT2D eigenvalue weighted by Gasteiger charge is 2.61. The molecule has 1 spiro atoms. The Morgan fingerprint density at radius 1 is 1.17 bits per heavy atom. The first-order chi connectivity index (χ1) is 22.4. The lowest BCUT2D eigenvalue weighted by Crippen LogP contribution is -2.53. The highest BCUT2D eigenvalue weighted by atomic mass is 35.5. The van der Waals surface area contributed by atoms with Gasteiger partial charge in [-0.3, -0.25) is 24.2 Å². The number of ether oxygens (including phenoxy) is 3. The summed E-state index contributed by atoms with van der Waals surface area (Å²) in [5.74, 6) is -2.13. The summed E-state index contributed by atoms with van der Waals surface area (Å²) in [6.07, 6.45) is 1.43. The summed E-state index contributed by atoms with van der Waals surface area (Å²) in [5.41, 5.74) is -0.986. The summed E-state index contributed by atoms with van der Waals surface area (Å²) >= 11 is 6.57. The molecule has 1 N–H and O–H groups in total. The molecule has 3 aliphatic heterocycles. The minimum atomic E-state index is -1.95. The minimum Gasteiger partial charge on any atom is -0.507 e. The number of ketones is 2. The summed E-state index contributed by atoms with van der Waals surface area (Å²) < 4.78 is 18.9. The normalized spacial score (nSPS) is 26.5. The largest absolute Gasteiger partial charge is 0.507 e. The van der Waals surface area contributed by atoms with E-state index in [0.29, 0.717) is 26.1 Å². The molecule has 0 saturated carbocycles. The molecule has 1 aromatic carbocycles. The number of hydrogen-bond acceptors (Lipinski definition) is 9. The summed E-state index contributed by atoms with van der Waals surface area (Å²) in [6.45, 7) is 8.64. The number of aliphatic imine (C=N–C) groups is 1. The van der Waals surface area contributed by atoms with E-state index in [0.717, 1.165) is 12.1 Å². The minimum absolute atomic E-state index is 0.00157. The van der Waals surface area contributed by atoms with Gasteiger partial charge in [-0.05, 0) is 31.2 Å². The van der Waals surface area contributed by atoms with Crippen LogP contribution in [0.25, 0.3) is 0 Å². The molecule has 6 rings (SSSR count). The first-order valence-electron chi connectivity index (χ1n) is 16.1. The molecule has 6 atom stereocenters. The lowest BCUT2D eigenvalue weighted by atomic mass is 9.72. The van der Waals surface area contributed by atoms with Crippen LogP contribution in [0.15, 0.2) is 45.4 Å². The van der Waals surface area contributed by atoms with E-state index in [4.69, 9.17) is 30.8 Å². The summed E-state index contributed by atoms with van der Waals surface area (Å²) in [4.78, 5) is 61.1. The number of carbonyl (C=O) groups is 3. The maximum atomic E-state index is 14.2. The number of fused-ring (bicyclic) bond motifs is 5. The van der Waals surface area contributed by atoms with Crippen LogP contribution in [0.3, 0.4) is 0 Å². The van der Waals surface area contributed by atoms with Crippen LogP contribution < -0.4 is 19.8 Å². The highest BCUT2D eigenvalue weighted by molar-refractivity contribution is 6.35. The summed E-state index contributed by atoms with van der Waals surface area (Å²) in [7, 11) is 2.81. The fourth-order valence-electron chi connectivity index (χ4n) is 7.72. The first-order valence-corrected chi connectivity index (χ1v) is 16.4. The van der Waals surface area contributed by atoms with E-state index >= 15 is 0 Å². The average Bonchev–Trinajstić information content (AvgIpc) is 3.37. The molecule has 0 radical (unpaired) electrons. The van der Waals surface area contributed by atoms with Gasteiger partial charge in [0.2, 0.25) is 17.3 Å². The maximum Gasteiger partial charge on any atom is 0.250 e. The molecule has 47 heavy (non-hydrogen) atoms. The molecule has 1 aliphatic carbocycles. The molecule has 2 aromatic rings. The van der Waals surface area contributed by atoms with Crippen molar-refractivity contribution in [2.75, 3.05) is 27.3 Å². The van der Waals surface area contributed by atoms with Crippen molar-refractivity contribution in [1.29, 1.82) is 0 Å². The number of aromatic nitrogens is 1. The van der Waals surface area contributed by atoms with Gasteiger partial charge in [0.05, 0.1) is 19.8 Å². The number of allylic oxidation sites excluding steroid dienone is 1. The van der Waals surface area contributed by atoms with Gasteiger partial charge in [0.15, 0.2) is 17.3 Å². The number of halogens is 1. The SMILES string of the molecule is CCC(C)[C@H](N=C(C)C1=C(O)[C@@]2(Oc3c(Cl)c(OC)cc(OC)c3C2=O)[C@H](C)CC1=O)C(=O)N1C[C@H]2C[C@@H](C1)c1cccc(=O)n1C2. The zero-order valence-corrected chi connectivity index (χ0v) is 28.2. The van der Waals surface area contributed by atoms with E-state index in [-0.39, 0.29) is 74.8 Å². The zero-order chi connectivity index (χ0) is 33.9. The second kappa shape index (κ2) is 12.2. The Bertz CT molecular complexity index is 1800. The molecule has 1 aromatic heterocycles. The Morgan fingerprint density at radius 2 is 1.89 bits per heavy atom. The van der Waals surface area contributed by atoms with Crippen LogP contribution in [0.4, 0.5) is 0 Å². The molecule has 4 heterocycles. The second-order valence-corrected chi connectivity index (χ2v) is 13.6.